The lowest BCUT2D eigenvalue weighted by Gasteiger charge is -2.17. The molecule has 4 aromatic rings. The van der Waals surface area contributed by atoms with Gasteiger partial charge in [0.1, 0.15) is 10.8 Å². The number of thiophene rings is 1. The van der Waals surface area contributed by atoms with Crippen LogP contribution in [0.3, 0.4) is 0 Å². The molecule has 11 nitrogen and oxygen atoms in total. The molecule has 2 aromatic heterocycles. The van der Waals surface area contributed by atoms with Crippen LogP contribution in [0.4, 0.5) is 18.2 Å². The zero-order valence-electron chi connectivity index (χ0n) is 24.1. The highest BCUT2D eigenvalue weighted by Crippen LogP contribution is 2.40. The maximum atomic E-state index is 13.7. The van der Waals surface area contributed by atoms with E-state index in [1.54, 1.807) is 27.7 Å². The summed E-state index contributed by atoms with van der Waals surface area (Å²) in [5, 5.41) is 8.50. The number of fused-ring (bicyclic) bond motifs is 1. The van der Waals surface area contributed by atoms with Crippen molar-refractivity contribution in [1.29, 1.82) is 0 Å². The van der Waals surface area contributed by atoms with Crippen LogP contribution in [0.2, 0.25) is 0 Å². The van der Waals surface area contributed by atoms with Crippen molar-refractivity contribution in [2.45, 2.75) is 34.1 Å². The Bertz CT molecular complexity index is 1690. The number of aromatic nitrogens is 2. The molecule has 0 fully saturated rings. The second-order valence-corrected chi connectivity index (χ2v) is 9.62. The molecule has 0 spiro atoms. The maximum Gasteiger partial charge on any atom is 0.573 e. The van der Waals surface area contributed by atoms with Crippen molar-refractivity contribution in [1.82, 2.24) is 9.78 Å². The van der Waals surface area contributed by atoms with Crippen molar-refractivity contribution in [3.05, 3.63) is 63.4 Å². The Morgan fingerprint density at radius 2 is 1.55 bits per heavy atom. The molecule has 0 atom stereocenters. The standard InChI is InChI=1S/C29H28F3N3O8S/c1-5-39-20-13-16(14-21(40-6-2)24(20)41-7-3)25(36)33-26-22-19(15-44-26)23(28(38)42-8-4)34-35(27(22)37)17-9-11-18(12-10-17)43-29(30,31)32/h9-15H,5-8H2,1-4H3,(H,33,36). The minimum atomic E-state index is -4.91. The number of ether oxygens (including phenoxy) is 5. The Labute approximate surface area is 253 Å². The van der Waals surface area contributed by atoms with Crippen molar-refractivity contribution >= 4 is 39.0 Å². The average Bonchev–Trinajstić information content (AvgIpc) is 3.39. The molecule has 0 aliphatic carbocycles. The Kier molecular flexibility index (Phi) is 9.98. The highest BCUT2D eigenvalue weighted by Gasteiger charge is 2.31. The fourth-order valence-electron chi connectivity index (χ4n) is 4.15. The number of hydrogen-bond acceptors (Lipinski definition) is 10. The van der Waals surface area contributed by atoms with Gasteiger partial charge in [0.15, 0.2) is 17.2 Å². The van der Waals surface area contributed by atoms with Gasteiger partial charge in [-0.3, -0.25) is 9.59 Å². The smallest absolute Gasteiger partial charge is 0.490 e. The first-order valence-corrected chi connectivity index (χ1v) is 14.3. The lowest BCUT2D eigenvalue weighted by Crippen LogP contribution is -2.25. The Morgan fingerprint density at radius 3 is 2.09 bits per heavy atom. The Hall–Kier alpha value is -4.79. The fraction of sp³-hybridized carbons (Fsp3) is 0.310. The zero-order chi connectivity index (χ0) is 32.0. The normalized spacial score (nSPS) is 11.2. The van der Waals surface area contributed by atoms with Gasteiger partial charge in [-0.05, 0) is 64.1 Å². The first-order valence-electron chi connectivity index (χ1n) is 13.5. The van der Waals surface area contributed by atoms with E-state index in [0.717, 1.165) is 28.2 Å². The Morgan fingerprint density at radius 1 is 0.932 bits per heavy atom. The number of nitrogens with zero attached hydrogens (tertiary/aromatic N) is 2. The van der Waals surface area contributed by atoms with Gasteiger partial charge in [-0.25, -0.2) is 4.79 Å². The summed E-state index contributed by atoms with van der Waals surface area (Å²) >= 11 is 0.977. The molecule has 1 N–H and O–H groups in total. The van der Waals surface area contributed by atoms with E-state index >= 15 is 0 Å². The molecular formula is C29H28F3N3O8S. The number of hydrogen-bond donors (Lipinski definition) is 1. The molecular weight excluding hydrogens is 607 g/mol. The third kappa shape index (κ3) is 7.05. The highest BCUT2D eigenvalue weighted by molar-refractivity contribution is 7.16. The molecule has 2 aromatic carbocycles. The molecule has 0 radical (unpaired) electrons. The number of benzene rings is 2. The van der Waals surface area contributed by atoms with Crippen LogP contribution in [0, 0.1) is 0 Å². The van der Waals surface area contributed by atoms with Crippen molar-refractivity contribution < 1.29 is 46.4 Å². The van der Waals surface area contributed by atoms with E-state index in [2.05, 4.69) is 15.2 Å². The third-order valence-corrected chi connectivity index (χ3v) is 6.73. The molecule has 0 unspecified atom stereocenters. The summed E-state index contributed by atoms with van der Waals surface area (Å²) in [4.78, 5) is 40.0. The maximum absolute atomic E-state index is 13.7. The molecule has 15 heteroatoms. The average molecular weight is 636 g/mol. The second-order valence-electron chi connectivity index (χ2n) is 8.74. The lowest BCUT2D eigenvalue weighted by molar-refractivity contribution is -0.274. The van der Waals surface area contributed by atoms with Gasteiger partial charge in [-0.15, -0.1) is 24.5 Å². The minimum absolute atomic E-state index is 0.0143. The minimum Gasteiger partial charge on any atom is -0.490 e. The number of anilines is 1. The number of rotatable bonds is 12. The van der Waals surface area contributed by atoms with Crippen LogP contribution in [-0.2, 0) is 4.74 Å². The number of amides is 1. The quantitative estimate of drug-likeness (QED) is 0.187. The van der Waals surface area contributed by atoms with E-state index in [4.69, 9.17) is 18.9 Å². The molecule has 0 saturated carbocycles. The molecule has 44 heavy (non-hydrogen) atoms. The highest BCUT2D eigenvalue weighted by atomic mass is 32.1. The first kappa shape index (κ1) is 32.1. The van der Waals surface area contributed by atoms with Gasteiger partial charge in [-0.2, -0.15) is 9.78 Å². The topological polar surface area (TPSA) is 127 Å². The van der Waals surface area contributed by atoms with Crippen molar-refractivity contribution in [2.75, 3.05) is 31.7 Å². The van der Waals surface area contributed by atoms with Gasteiger partial charge in [0, 0.05) is 16.3 Å². The predicted molar refractivity (Wildman–Crippen MR) is 156 cm³/mol. The number of carbonyl (C=O) groups excluding carboxylic acids is 2. The van der Waals surface area contributed by atoms with E-state index in [-0.39, 0.29) is 50.8 Å². The van der Waals surface area contributed by atoms with Crippen LogP contribution in [0.15, 0.2) is 46.6 Å². The van der Waals surface area contributed by atoms with Gasteiger partial charge < -0.3 is 29.0 Å². The van der Waals surface area contributed by atoms with Crippen LogP contribution < -0.4 is 29.8 Å². The van der Waals surface area contributed by atoms with E-state index in [1.165, 1.54) is 29.6 Å². The van der Waals surface area contributed by atoms with Gasteiger partial charge in [0.25, 0.3) is 11.5 Å². The summed E-state index contributed by atoms with van der Waals surface area (Å²) in [6, 6.07) is 7.31. The number of esters is 1. The summed E-state index contributed by atoms with van der Waals surface area (Å²) in [6.45, 7) is 7.86. The first-order chi connectivity index (χ1) is 21.0. The summed E-state index contributed by atoms with van der Waals surface area (Å²) < 4.78 is 64.8. The Balaban J connectivity index is 1.81. The van der Waals surface area contributed by atoms with E-state index in [0.29, 0.717) is 25.6 Å². The molecule has 0 aliphatic rings. The van der Waals surface area contributed by atoms with Crippen LogP contribution >= 0.6 is 11.3 Å². The fourth-order valence-corrected chi connectivity index (χ4v) is 5.08. The van der Waals surface area contributed by atoms with E-state index in [1.807, 2.05) is 0 Å². The molecule has 0 bridgehead atoms. The van der Waals surface area contributed by atoms with Gasteiger partial charge >= 0.3 is 12.3 Å². The van der Waals surface area contributed by atoms with Crippen LogP contribution in [0.5, 0.6) is 23.0 Å². The molecule has 234 valence electrons. The second kappa shape index (κ2) is 13.7. The number of nitrogens with one attached hydrogen (secondary N) is 1. The zero-order valence-corrected chi connectivity index (χ0v) is 24.9. The predicted octanol–water partition coefficient (Wildman–Crippen LogP) is 5.97. The van der Waals surface area contributed by atoms with Crippen molar-refractivity contribution in [3.63, 3.8) is 0 Å². The molecule has 0 aliphatic heterocycles. The summed E-state index contributed by atoms with van der Waals surface area (Å²) in [5.74, 6) is -1.06. The van der Waals surface area contributed by atoms with Gasteiger partial charge in [-0.1, -0.05) is 0 Å². The largest absolute Gasteiger partial charge is 0.573 e. The summed E-state index contributed by atoms with van der Waals surface area (Å²) in [7, 11) is 0. The number of halogens is 3. The van der Waals surface area contributed by atoms with Crippen LogP contribution in [-0.4, -0.2) is 54.4 Å². The SMILES string of the molecule is CCOC(=O)c1nn(-c2ccc(OC(F)(F)F)cc2)c(=O)c2c(NC(=O)c3cc(OCC)c(OCC)c(OCC)c3)scc12. The number of alkyl halides is 3. The lowest BCUT2D eigenvalue weighted by atomic mass is 10.1. The third-order valence-electron chi connectivity index (χ3n) is 5.83. The van der Waals surface area contributed by atoms with Crippen LogP contribution in [0.1, 0.15) is 48.5 Å². The van der Waals surface area contributed by atoms with Crippen molar-refractivity contribution in [3.8, 4) is 28.7 Å². The van der Waals surface area contributed by atoms with Gasteiger partial charge in [0.2, 0.25) is 5.75 Å². The number of carbonyl (C=O) groups is 2. The molecule has 4 rings (SSSR count). The van der Waals surface area contributed by atoms with Crippen LogP contribution in [0.25, 0.3) is 16.5 Å². The molecule has 1 amide bonds. The summed E-state index contributed by atoms with van der Waals surface area (Å²) in [5.41, 5.74) is -0.797. The molecule has 2 heterocycles. The summed E-state index contributed by atoms with van der Waals surface area (Å²) in [6.07, 6.45) is -4.91. The monoisotopic (exact) mass is 635 g/mol. The van der Waals surface area contributed by atoms with Gasteiger partial charge in [0.05, 0.1) is 37.5 Å². The van der Waals surface area contributed by atoms with E-state index in [9.17, 15) is 27.6 Å². The van der Waals surface area contributed by atoms with E-state index < -0.39 is 29.5 Å². The molecule has 0 saturated heterocycles. The van der Waals surface area contributed by atoms with Crippen molar-refractivity contribution in [2.24, 2.45) is 0 Å².